The van der Waals surface area contributed by atoms with Crippen LogP contribution in [0.5, 0.6) is 0 Å². The molecule has 4 nitrogen and oxygen atoms in total. The number of amides is 1. The average molecular weight is 261 g/mol. The molecule has 0 saturated heterocycles. The second-order valence-corrected chi connectivity index (χ2v) is 5.22. The van der Waals surface area contributed by atoms with E-state index in [1.54, 1.807) is 6.20 Å². The van der Waals surface area contributed by atoms with Gasteiger partial charge in [0.1, 0.15) is 0 Å². The van der Waals surface area contributed by atoms with Gasteiger partial charge in [0.25, 0.3) is 5.91 Å². The Hall–Kier alpha value is -1.42. The molecular weight excluding hydrogens is 238 g/mol. The zero-order chi connectivity index (χ0) is 13.7. The number of aryl methyl sites for hydroxylation is 1. The van der Waals surface area contributed by atoms with Crippen LogP contribution in [-0.4, -0.2) is 34.9 Å². The number of rotatable bonds is 5. The maximum Gasteiger partial charge on any atom is 0.255 e. The SMILES string of the molecule is Cc1ncccc1C(=O)N(CCCN)C1CCCC1. The third-order valence-corrected chi connectivity index (χ3v) is 3.87. The maximum absolute atomic E-state index is 12.7. The van der Waals surface area contributed by atoms with Crippen LogP contribution in [0.1, 0.15) is 48.2 Å². The number of nitrogens with zero attached hydrogens (tertiary/aromatic N) is 2. The molecule has 0 aliphatic heterocycles. The van der Waals surface area contributed by atoms with Crippen LogP contribution in [0.4, 0.5) is 0 Å². The molecule has 1 aromatic heterocycles. The first kappa shape index (κ1) is 14.0. The van der Waals surface area contributed by atoms with Crippen molar-refractivity contribution in [3.63, 3.8) is 0 Å². The van der Waals surface area contributed by atoms with Crippen molar-refractivity contribution < 1.29 is 4.79 Å². The number of carbonyl (C=O) groups excluding carboxylic acids is 1. The van der Waals surface area contributed by atoms with Gasteiger partial charge < -0.3 is 10.6 Å². The number of carbonyl (C=O) groups is 1. The molecule has 0 unspecified atom stereocenters. The lowest BCUT2D eigenvalue weighted by atomic mass is 10.1. The van der Waals surface area contributed by atoms with Crippen molar-refractivity contribution in [2.45, 2.75) is 45.1 Å². The Morgan fingerprint density at radius 2 is 2.21 bits per heavy atom. The third-order valence-electron chi connectivity index (χ3n) is 3.87. The molecule has 1 saturated carbocycles. The van der Waals surface area contributed by atoms with Crippen LogP contribution in [0.15, 0.2) is 18.3 Å². The first-order valence-corrected chi connectivity index (χ1v) is 7.16. The van der Waals surface area contributed by atoms with Crippen LogP contribution >= 0.6 is 0 Å². The van der Waals surface area contributed by atoms with Crippen molar-refractivity contribution in [3.8, 4) is 0 Å². The van der Waals surface area contributed by atoms with E-state index in [2.05, 4.69) is 4.98 Å². The molecule has 104 valence electrons. The van der Waals surface area contributed by atoms with Gasteiger partial charge in [0.2, 0.25) is 0 Å². The van der Waals surface area contributed by atoms with Crippen LogP contribution in [0.3, 0.4) is 0 Å². The van der Waals surface area contributed by atoms with Crippen LogP contribution in [-0.2, 0) is 0 Å². The van der Waals surface area contributed by atoms with E-state index in [1.807, 2.05) is 24.0 Å². The van der Waals surface area contributed by atoms with E-state index in [9.17, 15) is 4.79 Å². The second-order valence-electron chi connectivity index (χ2n) is 5.22. The van der Waals surface area contributed by atoms with Crippen LogP contribution < -0.4 is 5.73 Å². The molecule has 0 radical (unpaired) electrons. The summed E-state index contributed by atoms with van der Waals surface area (Å²) in [6.07, 6.45) is 7.28. The van der Waals surface area contributed by atoms with Gasteiger partial charge in [-0.25, -0.2) is 0 Å². The Labute approximate surface area is 115 Å². The first-order chi connectivity index (χ1) is 9.24. The molecule has 0 spiro atoms. The Morgan fingerprint density at radius 3 is 2.84 bits per heavy atom. The van der Waals surface area contributed by atoms with E-state index in [1.165, 1.54) is 12.8 Å². The molecule has 2 rings (SSSR count). The molecule has 1 heterocycles. The number of aromatic nitrogens is 1. The minimum absolute atomic E-state index is 0.117. The van der Waals surface area contributed by atoms with Gasteiger partial charge in [-0.05, 0) is 44.9 Å². The summed E-state index contributed by atoms with van der Waals surface area (Å²) >= 11 is 0. The van der Waals surface area contributed by atoms with Crippen molar-refractivity contribution in [2.24, 2.45) is 5.73 Å². The Balaban J connectivity index is 2.17. The van der Waals surface area contributed by atoms with Crippen LogP contribution in [0.25, 0.3) is 0 Å². The molecule has 1 amide bonds. The monoisotopic (exact) mass is 261 g/mol. The summed E-state index contributed by atoms with van der Waals surface area (Å²) in [7, 11) is 0. The molecule has 19 heavy (non-hydrogen) atoms. The van der Waals surface area contributed by atoms with Crippen molar-refractivity contribution in [2.75, 3.05) is 13.1 Å². The molecule has 1 aliphatic rings. The van der Waals surface area contributed by atoms with Gasteiger partial charge in [0.05, 0.1) is 5.56 Å². The summed E-state index contributed by atoms with van der Waals surface area (Å²) in [5.41, 5.74) is 7.13. The molecule has 1 aliphatic carbocycles. The van der Waals surface area contributed by atoms with Gasteiger partial charge in [-0.2, -0.15) is 0 Å². The van der Waals surface area contributed by atoms with Gasteiger partial charge in [0, 0.05) is 24.5 Å². The molecular formula is C15H23N3O. The highest BCUT2D eigenvalue weighted by molar-refractivity contribution is 5.95. The average Bonchev–Trinajstić information content (AvgIpc) is 2.93. The predicted octanol–water partition coefficient (Wildman–Crippen LogP) is 2.12. The highest BCUT2D eigenvalue weighted by atomic mass is 16.2. The molecule has 1 aromatic rings. The van der Waals surface area contributed by atoms with Crippen LogP contribution in [0, 0.1) is 6.92 Å². The normalized spacial score (nSPS) is 15.7. The number of pyridine rings is 1. The Morgan fingerprint density at radius 1 is 1.47 bits per heavy atom. The van der Waals surface area contributed by atoms with E-state index in [0.717, 1.165) is 37.1 Å². The highest BCUT2D eigenvalue weighted by Crippen LogP contribution is 2.25. The number of nitrogens with two attached hydrogens (primary N) is 1. The van der Waals surface area contributed by atoms with Crippen LogP contribution in [0.2, 0.25) is 0 Å². The van der Waals surface area contributed by atoms with Gasteiger partial charge in [-0.1, -0.05) is 12.8 Å². The topological polar surface area (TPSA) is 59.2 Å². The minimum atomic E-state index is 0.117. The fraction of sp³-hybridized carbons (Fsp3) is 0.600. The van der Waals surface area contributed by atoms with E-state index >= 15 is 0 Å². The van der Waals surface area contributed by atoms with Gasteiger partial charge >= 0.3 is 0 Å². The standard InChI is InChI=1S/C15H23N3O/c1-12-14(8-4-10-17-12)15(19)18(11-5-9-16)13-6-2-3-7-13/h4,8,10,13H,2-3,5-7,9,11,16H2,1H3. The zero-order valence-corrected chi connectivity index (χ0v) is 11.6. The lowest BCUT2D eigenvalue weighted by Crippen LogP contribution is -2.40. The molecule has 0 aromatic carbocycles. The highest BCUT2D eigenvalue weighted by Gasteiger charge is 2.27. The summed E-state index contributed by atoms with van der Waals surface area (Å²) < 4.78 is 0. The predicted molar refractivity (Wildman–Crippen MR) is 75.9 cm³/mol. The van der Waals surface area contributed by atoms with Crippen molar-refractivity contribution in [3.05, 3.63) is 29.6 Å². The van der Waals surface area contributed by atoms with Gasteiger partial charge in [0.15, 0.2) is 0 Å². The summed E-state index contributed by atoms with van der Waals surface area (Å²) in [5, 5.41) is 0. The minimum Gasteiger partial charge on any atom is -0.336 e. The quantitative estimate of drug-likeness (QED) is 0.883. The smallest absolute Gasteiger partial charge is 0.255 e. The van der Waals surface area contributed by atoms with Crippen molar-refractivity contribution in [1.29, 1.82) is 0 Å². The van der Waals surface area contributed by atoms with Crippen molar-refractivity contribution >= 4 is 5.91 Å². The van der Waals surface area contributed by atoms with E-state index in [0.29, 0.717) is 12.6 Å². The van der Waals surface area contributed by atoms with E-state index in [4.69, 9.17) is 5.73 Å². The molecule has 4 heteroatoms. The van der Waals surface area contributed by atoms with Gasteiger partial charge in [-0.3, -0.25) is 9.78 Å². The maximum atomic E-state index is 12.7. The summed E-state index contributed by atoms with van der Waals surface area (Å²) in [6.45, 7) is 3.28. The second kappa shape index (κ2) is 6.66. The molecule has 0 bridgehead atoms. The molecule has 2 N–H and O–H groups in total. The molecule has 0 atom stereocenters. The zero-order valence-electron chi connectivity index (χ0n) is 11.6. The fourth-order valence-corrected chi connectivity index (χ4v) is 2.79. The number of hydrogen-bond acceptors (Lipinski definition) is 3. The van der Waals surface area contributed by atoms with E-state index in [-0.39, 0.29) is 5.91 Å². The fourth-order valence-electron chi connectivity index (χ4n) is 2.79. The summed E-state index contributed by atoms with van der Waals surface area (Å²) in [4.78, 5) is 18.9. The largest absolute Gasteiger partial charge is 0.336 e. The lowest BCUT2D eigenvalue weighted by molar-refractivity contribution is 0.0679. The Bertz CT molecular complexity index is 427. The third kappa shape index (κ3) is 3.32. The molecule has 1 fully saturated rings. The summed E-state index contributed by atoms with van der Waals surface area (Å²) in [6, 6.07) is 4.09. The van der Waals surface area contributed by atoms with Gasteiger partial charge in [-0.15, -0.1) is 0 Å². The first-order valence-electron chi connectivity index (χ1n) is 7.16. The lowest BCUT2D eigenvalue weighted by Gasteiger charge is -2.29. The Kier molecular flexibility index (Phi) is 4.91. The van der Waals surface area contributed by atoms with Crippen molar-refractivity contribution in [1.82, 2.24) is 9.88 Å². The summed E-state index contributed by atoms with van der Waals surface area (Å²) in [5.74, 6) is 0.117. The van der Waals surface area contributed by atoms with E-state index < -0.39 is 0 Å². The number of hydrogen-bond donors (Lipinski definition) is 1.